The maximum absolute atomic E-state index is 11.8. The van der Waals surface area contributed by atoms with Crippen LogP contribution in [0.3, 0.4) is 0 Å². The van der Waals surface area contributed by atoms with Crippen molar-refractivity contribution in [1.82, 2.24) is 5.73 Å². The summed E-state index contributed by atoms with van der Waals surface area (Å²) in [5, 5.41) is 1.34. The van der Waals surface area contributed by atoms with Gasteiger partial charge in [0, 0.05) is 10.8 Å². The zero-order chi connectivity index (χ0) is 12.5. The minimum atomic E-state index is -3.54. The Morgan fingerprint density at radius 2 is 1.76 bits per heavy atom. The van der Waals surface area contributed by atoms with Crippen molar-refractivity contribution < 1.29 is 13.2 Å². The molecular formula is C12H12NO3S. The van der Waals surface area contributed by atoms with Crippen molar-refractivity contribution in [3.63, 3.8) is 0 Å². The predicted octanol–water partition coefficient (Wildman–Crippen LogP) is 1.86. The van der Waals surface area contributed by atoms with Gasteiger partial charge in [0.2, 0.25) is 0 Å². The number of ether oxygens (including phenoxy) is 1. The maximum atomic E-state index is 11.8. The number of sulfone groups is 1. The predicted molar refractivity (Wildman–Crippen MR) is 65.6 cm³/mol. The topological polar surface area (TPSA) is 67.2 Å². The molecule has 0 saturated carbocycles. The molecule has 0 atom stereocenters. The summed E-state index contributed by atoms with van der Waals surface area (Å²) in [6.07, 6.45) is 0. The van der Waals surface area contributed by atoms with Gasteiger partial charge in [0.05, 0.1) is 12.0 Å². The second-order valence-electron chi connectivity index (χ2n) is 3.57. The molecule has 4 nitrogen and oxygen atoms in total. The van der Waals surface area contributed by atoms with Gasteiger partial charge >= 0.3 is 0 Å². The molecule has 0 aromatic heterocycles. The van der Waals surface area contributed by atoms with Crippen LogP contribution in [-0.4, -0.2) is 21.4 Å². The van der Waals surface area contributed by atoms with Gasteiger partial charge in [-0.25, -0.2) is 14.2 Å². The molecule has 2 aromatic rings. The molecule has 1 N–H and O–H groups in total. The van der Waals surface area contributed by atoms with Crippen LogP contribution in [0.15, 0.2) is 41.3 Å². The first-order chi connectivity index (χ1) is 8.10. The first-order valence-electron chi connectivity index (χ1n) is 5.03. The number of methoxy groups -OCH3 is 1. The molecule has 0 spiro atoms. The number of rotatable bonds is 3. The quantitative estimate of drug-likeness (QED) is 0.835. The molecule has 0 saturated heterocycles. The van der Waals surface area contributed by atoms with Crippen molar-refractivity contribution in [3.05, 3.63) is 36.4 Å². The average Bonchev–Trinajstić information content (AvgIpc) is 2.37. The van der Waals surface area contributed by atoms with Crippen LogP contribution in [0.4, 0.5) is 0 Å². The van der Waals surface area contributed by atoms with Crippen LogP contribution >= 0.6 is 0 Å². The van der Waals surface area contributed by atoms with Gasteiger partial charge in [0.15, 0.2) is 9.84 Å². The number of hydrogen-bond donors (Lipinski definition) is 0. The Hall–Kier alpha value is -1.59. The Morgan fingerprint density at radius 1 is 1.12 bits per heavy atom. The highest BCUT2D eigenvalue weighted by atomic mass is 32.2. The first kappa shape index (κ1) is 11.9. The number of fused-ring (bicyclic) bond motifs is 1. The van der Waals surface area contributed by atoms with Gasteiger partial charge < -0.3 is 4.74 Å². The lowest BCUT2D eigenvalue weighted by molar-refractivity contribution is 0.420. The van der Waals surface area contributed by atoms with Gasteiger partial charge in [0.25, 0.3) is 0 Å². The minimum absolute atomic E-state index is 0.184. The molecule has 0 aliphatic carbocycles. The molecule has 2 rings (SSSR count). The SMILES string of the molecule is COc1cccc2c(S(=O)(=O)C[NH])cccc12. The van der Waals surface area contributed by atoms with Crippen LogP contribution < -0.4 is 10.5 Å². The van der Waals surface area contributed by atoms with Crippen molar-refractivity contribution in [3.8, 4) is 5.75 Å². The molecule has 2 aromatic carbocycles. The second-order valence-corrected chi connectivity index (χ2v) is 5.53. The summed E-state index contributed by atoms with van der Waals surface area (Å²) in [6.45, 7) is 0. The van der Waals surface area contributed by atoms with E-state index in [0.717, 1.165) is 5.39 Å². The van der Waals surface area contributed by atoms with E-state index in [1.807, 2.05) is 0 Å². The summed E-state index contributed by atoms with van der Waals surface area (Å²) in [5.74, 6) is -0.0203. The van der Waals surface area contributed by atoms with Gasteiger partial charge in [-0.2, -0.15) is 0 Å². The average molecular weight is 250 g/mol. The Balaban J connectivity index is 2.84. The van der Waals surface area contributed by atoms with Crippen LogP contribution in [0.5, 0.6) is 5.75 Å². The highest BCUT2D eigenvalue weighted by Gasteiger charge is 2.16. The Morgan fingerprint density at radius 3 is 2.41 bits per heavy atom. The van der Waals surface area contributed by atoms with Crippen LogP contribution in [0.1, 0.15) is 0 Å². The Labute approximate surface area is 99.9 Å². The summed E-state index contributed by atoms with van der Waals surface area (Å²) in [7, 11) is -2.00. The fraction of sp³-hybridized carbons (Fsp3) is 0.167. The first-order valence-corrected chi connectivity index (χ1v) is 6.68. The third-order valence-electron chi connectivity index (χ3n) is 2.59. The van der Waals surface area contributed by atoms with Gasteiger partial charge in [-0.1, -0.05) is 24.3 Å². The molecule has 0 amide bonds. The maximum Gasteiger partial charge on any atom is 0.193 e. The smallest absolute Gasteiger partial charge is 0.193 e. The summed E-state index contributed by atoms with van der Waals surface area (Å²) in [4.78, 5) is 0.184. The Bertz CT molecular complexity index is 650. The summed E-state index contributed by atoms with van der Waals surface area (Å²) < 4.78 is 28.8. The summed E-state index contributed by atoms with van der Waals surface area (Å²) in [5.41, 5.74) is 7.10. The molecule has 17 heavy (non-hydrogen) atoms. The van der Waals surface area contributed by atoms with E-state index >= 15 is 0 Å². The van der Waals surface area contributed by atoms with E-state index in [9.17, 15) is 8.42 Å². The second kappa shape index (κ2) is 4.35. The van der Waals surface area contributed by atoms with Gasteiger partial charge in [0.1, 0.15) is 11.6 Å². The van der Waals surface area contributed by atoms with Crippen molar-refractivity contribution in [2.45, 2.75) is 4.90 Å². The molecule has 0 aliphatic rings. The van der Waals surface area contributed by atoms with E-state index in [2.05, 4.69) is 0 Å². The monoisotopic (exact) mass is 250 g/mol. The lowest BCUT2D eigenvalue weighted by Gasteiger charge is -2.09. The van der Waals surface area contributed by atoms with Gasteiger partial charge in [-0.15, -0.1) is 0 Å². The van der Waals surface area contributed by atoms with E-state index in [1.54, 1.807) is 37.4 Å². The normalized spacial score (nSPS) is 11.6. The largest absolute Gasteiger partial charge is 0.496 e. The molecule has 5 heteroatoms. The number of hydrogen-bond acceptors (Lipinski definition) is 3. The highest BCUT2D eigenvalue weighted by molar-refractivity contribution is 7.91. The molecule has 0 heterocycles. The lowest BCUT2D eigenvalue weighted by Crippen LogP contribution is -2.07. The molecular weight excluding hydrogens is 238 g/mol. The minimum Gasteiger partial charge on any atom is -0.496 e. The van der Waals surface area contributed by atoms with E-state index in [0.29, 0.717) is 11.1 Å². The van der Waals surface area contributed by atoms with Crippen LogP contribution in [0, 0.1) is 0 Å². The lowest BCUT2D eigenvalue weighted by atomic mass is 10.1. The third kappa shape index (κ3) is 1.99. The summed E-state index contributed by atoms with van der Waals surface area (Å²) in [6, 6.07) is 10.2. The van der Waals surface area contributed by atoms with Crippen molar-refractivity contribution in [1.29, 1.82) is 0 Å². The van der Waals surface area contributed by atoms with E-state index in [-0.39, 0.29) is 4.90 Å². The molecule has 0 fully saturated rings. The van der Waals surface area contributed by atoms with E-state index in [1.165, 1.54) is 6.07 Å². The molecule has 89 valence electrons. The fourth-order valence-electron chi connectivity index (χ4n) is 1.78. The van der Waals surface area contributed by atoms with Gasteiger partial charge in [-0.05, 0) is 12.1 Å². The fourth-order valence-corrected chi connectivity index (χ4v) is 2.73. The van der Waals surface area contributed by atoms with Crippen LogP contribution in [0.25, 0.3) is 10.8 Å². The van der Waals surface area contributed by atoms with Crippen molar-refractivity contribution >= 4 is 20.6 Å². The highest BCUT2D eigenvalue weighted by Crippen LogP contribution is 2.30. The van der Waals surface area contributed by atoms with Crippen molar-refractivity contribution in [2.75, 3.05) is 13.0 Å². The summed E-state index contributed by atoms with van der Waals surface area (Å²) >= 11 is 0. The number of nitrogens with one attached hydrogen (secondary N) is 1. The van der Waals surface area contributed by atoms with Gasteiger partial charge in [-0.3, -0.25) is 0 Å². The van der Waals surface area contributed by atoms with E-state index < -0.39 is 15.7 Å². The molecule has 0 unspecified atom stereocenters. The molecule has 1 radical (unpaired) electrons. The van der Waals surface area contributed by atoms with Crippen LogP contribution in [0.2, 0.25) is 0 Å². The zero-order valence-corrected chi connectivity index (χ0v) is 10.1. The Kier molecular flexibility index (Phi) is 3.04. The number of benzene rings is 2. The van der Waals surface area contributed by atoms with Crippen molar-refractivity contribution in [2.24, 2.45) is 0 Å². The molecule has 0 aliphatic heterocycles. The zero-order valence-electron chi connectivity index (χ0n) is 9.30. The molecule has 0 bridgehead atoms. The third-order valence-corrected chi connectivity index (χ3v) is 3.99. The van der Waals surface area contributed by atoms with E-state index in [4.69, 9.17) is 10.5 Å². The van der Waals surface area contributed by atoms with Crippen LogP contribution in [-0.2, 0) is 9.84 Å². The standard InChI is InChI=1S/C12H12NO3S/c1-16-11-6-2-5-10-9(11)4-3-7-12(10)17(14,15)8-13/h2-7,13H,8H2,1H3.